The Kier molecular flexibility index (Phi) is 4.15. The number of nitrogens with zero attached hydrogens (tertiary/aromatic N) is 3. The second-order valence-corrected chi connectivity index (χ2v) is 4.54. The van der Waals surface area contributed by atoms with E-state index in [0.717, 1.165) is 19.4 Å². The summed E-state index contributed by atoms with van der Waals surface area (Å²) in [6.07, 6.45) is 3.76. The summed E-state index contributed by atoms with van der Waals surface area (Å²) in [5.74, 6) is 0. The fourth-order valence-electron chi connectivity index (χ4n) is 2.11. The maximum atomic E-state index is 12.0. The summed E-state index contributed by atoms with van der Waals surface area (Å²) in [6.45, 7) is 5.92. The Balaban J connectivity index is 2.00. The first-order chi connectivity index (χ1) is 8.72. The molecule has 2 aromatic rings. The Morgan fingerprint density at radius 2 is 2.28 bits per heavy atom. The van der Waals surface area contributed by atoms with Crippen molar-refractivity contribution in [3.63, 3.8) is 0 Å². The highest BCUT2D eigenvalue weighted by molar-refractivity contribution is 5.35. The van der Waals surface area contributed by atoms with Gasteiger partial charge in [0.25, 0.3) is 0 Å². The highest BCUT2D eigenvalue weighted by Gasteiger charge is 2.06. The van der Waals surface area contributed by atoms with Crippen LogP contribution < -0.4 is 11.0 Å². The van der Waals surface area contributed by atoms with Crippen LogP contribution in [-0.2, 0) is 6.54 Å². The molecule has 0 aliphatic heterocycles. The standard InChI is InChI=1S/C13H20N4O/c1-3-14-11(2)7-6-10-17-13(18)16-9-5-4-8-12(16)15-17/h4-5,8-9,11,14H,3,6-7,10H2,1-2H3. The van der Waals surface area contributed by atoms with Crippen LogP contribution >= 0.6 is 0 Å². The zero-order valence-corrected chi connectivity index (χ0v) is 11.0. The van der Waals surface area contributed by atoms with Crippen LogP contribution in [0.3, 0.4) is 0 Å². The van der Waals surface area contributed by atoms with Crippen LogP contribution in [0.1, 0.15) is 26.7 Å². The molecule has 0 saturated heterocycles. The molecule has 2 rings (SSSR count). The monoisotopic (exact) mass is 248 g/mol. The van der Waals surface area contributed by atoms with Gasteiger partial charge < -0.3 is 5.32 Å². The molecule has 2 aromatic heterocycles. The summed E-state index contributed by atoms with van der Waals surface area (Å²) in [6, 6.07) is 6.06. The molecule has 0 aliphatic rings. The lowest BCUT2D eigenvalue weighted by atomic mass is 10.2. The van der Waals surface area contributed by atoms with Crippen molar-refractivity contribution in [2.75, 3.05) is 6.54 Å². The number of nitrogens with one attached hydrogen (secondary N) is 1. The summed E-state index contributed by atoms with van der Waals surface area (Å²) in [5.41, 5.74) is 0.656. The lowest BCUT2D eigenvalue weighted by Crippen LogP contribution is -2.27. The minimum absolute atomic E-state index is 0.0540. The maximum absolute atomic E-state index is 12.0. The van der Waals surface area contributed by atoms with E-state index in [2.05, 4.69) is 24.3 Å². The molecule has 0 aliphatic carbocycles. The fourth-order valence-corrected chi connectivity index (χ4v) is 2.11. The summed E-state index contributed by atoms with van der Waals surface area (Å²) in [4.78, 5) is 12.0. The van der Waals surface area contributed by atoms with Crippen molar-refractivity contribution in [1.82, 2.24) is 19.5 Å². The van der Waals surface area contributed by atoms with Crippen molar-refractivity contribution < 1.29 is 0 Å². The van der Waals surface area contributed by atoms with E-state index in [9.17, 15) is 4.79 Å². The third-order valence-corrected chi connectivity index (χ3v) is 3.05. The van der Waals surface area contributed by atoms with Crippen LogP contribution in [-0.4, -0.2) is 26.8 Å². The summed E-state index contributed by atoms with van der Waals surface area (Å²) in [7, 11) is 0. The predicted octanol–water partition coefficient (Wildman–Crippen LogP) is 1.27. The lowest BCUT2D eigenvalue weighted by Gasteiger charge is -2.11. The van der Waals surface area contributed by atoms with Crippen LogP contribution in [0.25, 0.3) is 5.65 Å². The van der Waals surface area contributed by atoms with Gasteiger partial charge >= 0.3 is 5.69 Å². The number of rotatable bonds is 6. The van der Waals surface area contributed by atoms with E-state index in [4.69, 9.17) is 0 Å². The molecule has 1 unspecified atom stereocenters. The van der Waals surface area contributed by atoms with Gasteiger partial charge in [-0.25, -0.2) is 9.48 Å². The Bertz CT molecular complexity index is 557. The van der Waals surface area contributed by atoms with Crippen LogP contribution in [0, 0.1) is 0 Å². The second-order valence-electron chi connectivity index (χ2n) is 4.54. The lowest BCUT2D eigenvalue weighted by molar-refractivity contribution is 0.466. The third-order valence-electron chi connectivity index (χ3n) is 3.05. The highest BCUT2D eigenvalue weighted by Crippen LogP contribution is 2.00. The largest absolute Gasteiger partial charge is 0.350 e. The van der Waals surface area contributed by atoms with Gasteiger partial charge in [0.05, 0.1) is 0 Å². The molecule has 0 fully saturated rings. The van der Waals surface area contributed by atoms with E-state index in [1.807, 2.05) is 18.2 Å². The first-order valence-corrected chi connectivity index (χ1v) is 6.50. The van der Waals surface area contributed by atoms with Gasteiger partial charge in [-0.2, -0.15) is 0 Å². The Labute approximate surface area is 106 Å². The minimum Gasteiger partial charge on any atom is -0.315 e. The quantitative estimate of drug-likeness (QED) is 0.837. The molecule has 0 amide bonds. The van der Waals surface area contributed by atoms with Crippen molar-refractivity contribution in [2.24, 2.45) is 0 Å². The molecular weight excluding hydrogens is 228 g/mol. The molecule has 98 valence electrons. The SMILES string of the molecule is CCNC(C)CCCn1nc2ccccn2c1=O. The third kappa shape index (κ3) is 2.79. The van der Waals surface area contributed by atoms with Crippen molar-refractivity contribution >= 4 is 5.65 Å². The van der Waals surface area contributed by atoms with E-state index in [0.29, 0.717) is 18.2 Å². The zero-order chi connectivity index (χ0) is 13.0. The molecule has 0 saturated carbocycles. The molecule has 1 atom stereocenters. The van der Waals surface area contributed by atoms with E-state index in [-0.39, 0.29) is 5.69 Å². The highest BCUT2D eigenvalue weighted by atomic mass is 16.2. The van der Waals surface area contributed by atoms with Gasteiger partial charge in [0.2, 0.25) is 0 Å². The molecule has 1 N–H and O–H groups in total. The number of aryl methyl sites for hydroxylation is 1. The molecule has 0 spiro atoms. The average molecular weight is 248 g/mol. The van der Waals surface area contributed by atoms with Crippen molar-refractivity contribution in [3.8, 4) is 0 Å². The van der Waals surface area contributed by atoms with E-state index in [1.54, 1.807) is 15.3 Å². The topological polar surface area (TPSA) is 51.3 Å². The molecule has 5 heteroatoms. The van der Waals surface area contributed by atoms with Crippen LogP contribution in [0.2, 0.25) is 0 Å². The van der Waals surface area contributed by atoms with Crippen LogP contribution in [0.5, 0.6) is 0 Å². The zero-order valence-electron chi connectivity index (χ0n) is 11.0. The average Bonchev–Trinajstić information content (AvgIpc) is 2.68. The van der Waals surface area contributed by atoms with Crippen LogP contribution in [0.15, 0.2) is 29.2 Å². The summed E-state index contributed by atoms with van der Waals surface area (Å²) in [5, 5.41) is 7.66. The Hall–Kier alpha value is -1.62. The summed E-state index contributed by atoms with van der Waals surface area (Å²) < 4.78 is 3.13. The number of hydrogen-bond donors (Lipinski definition) is 1. The number of pyridine rings is 1. The van der Waals surface area contributed by atoms with Crippen LogP contribution in [0.4, 0.5) is 0 Å². The second kappa shape index (κ2) is 5.82. The molecule has 0 radical (unpaired) electrons. The van der Waals surface area contributed by atoms with Gasteiger partial charge in [-0.05, 0) is 38.4 Å². The number of hydrogen-bond acceptors (Lipinski definition) is 3. The van der Waals surface area contributed by atoms with Gasteiger partial charge in [0.15, 0.2) is 5.65 Å². The number of aromatic nitrogens is 3. The molecule has 18 heavy (non-hydrogen) atoms. The van der Waals surface area contributed by atoms with Crippen molar-refractivity contribution in [3.05, 3.63) is 34.9 Å². The molecule has 0 bridgehead atoms. The first kappa shape index (κ1) is 12.8. The maximum Gasteiger partial charge on any atom is 0.350 e. The first-order valence-electron chi connectivity index (χ1n) is 6.50. The molecule has 5 nitrogen and oxygen atoms in total. The molecular formula is C13H20N4O. The normalized spacial score (nSPS) is 13.0. The number of fused-ring (bicyclic) bond motifs is 1. The van der Waals surface area contributed by atoms with Gasteiger partial charge in [0, 0.05) is 18.8 Å². The van der Waals surface area contributed by atoms with E-state index >= 15 is 0 Å². The van der Waals surface area contributed by atoms with Crippen molar-refractivity contribution in [1.29, 1.82) is 0 Å². The fraction of sp³-hybridized carbons (Fsp3) is 0.538. The van der Waals surface area contributed by atoms with Crippen molar-refractivity contribution in [2.45, 2.75) is 39.3 Å². The Morgan fingerprint density at radius 1 is 1.44 bits per heavy atom. The Morgan fingerprint density at radius 3 is 3.00 bits per heavy atom. The van der Waals surface area contributed by atoms with E-state index in [1.165, 1.54) is 0 Å². The predicted molar refractivity (Wildman–Crippen MR) is 71.8 cm³/mol. The minimum atomic E-state index is -0.0540. The smallest absolute Gasteiger partial charge is 0.315 e. The van der Waals surface area contributed by atoms with Gasteiger partial charge in [-0.15, -0.1) is 5.10 Å². The summed E-state index contributed by atoms with van der Waals surface area (Å²) >= 11 is 0. The molecule has 0 aromatic carbocycles. The van der Waals surface area contributed by atoms with E-state index < -0.39 is 0 Å². The van der Waals surface area contributed by atoms with Gasteiger partial charge in [-0.1, -0.05) is 13.0 Å². The molecule has 2 heterocycles. The van der Waals surface area contributed by atoms with Gasteiger partial charge in [0.1, 0.15) is 0 Å². The van der Waals surface area contributed by atoms with Gasteiger partial charge in [-0.3, -0.25) is 4.40 Å².